The van der Waals surface area contributed by atoms with Gasteiger partial charge in [0.05, 0.1) is 34.7 Å². The van der Waals surface area contributed by atoms with Crippen LogP contribution in [-0.4, -0.2) is 37.5 Å². The Labute approximate surface area is 188 Å². The van der Waals surface area contributed by atoms with E-state index in [1.165, 1.54) is 4.68 Å². The lowest BCUT2D eigenvalue weighted by Crippen LogP contribution is -2.06. The van der Waals surface area contributed by atoms with Gasteiger partial charge in [0.15, 0.2) is 11.6 Å². The van der Waals surface area contributed by atoms with Gasteiger partial charge in [0.1, 0.15) is 0 Å². The molecular weight excluding hydrogens is 432 g/mol. The predicted octanol–water partition coefficient (Wildman–Crippen LogP) is 3.57. The lowest BCUT2D eigenvalue weighted by atomic mass is 10.0. The second-order valence-electron chi connectivity index (χ2n) is 7.20. The molecule has 3 heterocycles. The van der Waals surface area contributed by atoms with E-state index >= 15 is 0 Å². The molecule has 0 radical (unpaired) electrons. The van der Waals surface area contributed by atoms with Crippen molar-refractivity contribution >= 4 is 41.2 Å². The van der Waals surface area contributed by atoms with E-state index in [1.807, 2.05) is 31.3 Å². The summed E-state index contributed by atoms with van der Waals surface area (Å²) in [6.07, 6.45) is 3.38. The predicted molar refractivity (Wildman–Crippen MR) is 123 cm³/mol. The maximum atomic E-state index is 11.9. The Kier molecular flexibility index (Phi) is 5.54. The van der Waals surface area contributed by atoms with Gasteiger partial charge < -0.3 is 5.73 Å². The molecule has 32 heavy (non-hydrogen) atoms. The van der Waals surface area contributed by atoms with Crippen molar-refractivity contribution in [2.24, 2.45) is 27.9 Å². The van der Waals surface area contributed by atoms with Gasteiger partial charge in [-0.05, 0) is 26.0 Å². The van der Waals surface area contributed by atoms with Crippen LogP contribution in [0.1, 0.15) is 27.3 Å². The van der Waals surface area contributed by atoms with E-state index in [2.05, 4.69) is 20.4 Å². The molecular formula is C21H19ClN8O2. The van der Waals surface area contributed by atoms with Gasteiger partial charge in [-0.15, -0.1) is 4.91 Å². The normalized spacial score (nSPS) is 13.5. The fourth-order valence-corrected chi connectivity index (χ4v) is 3.87. The average Bonchev–Trinajstić information content (AvgIpc) is 3.41. The van der Waals surface area contributed by atoms with E-state index < -0.39 is 5.91 Å². The monoisotopic (exact) mass is 450 g/mol. The summed E-state index contributed by atoms with van der Waals surface area (Å²) in [7, 11) is 1.83. The smallest absolute Gasteiger partial charge is 0.320 e. The molecule has 11 heteroatoms. The molecule has 1 aliphatic heterocycles. The fourth-order valence-electron chi connectivity index (χ4n) is 3.74. The summed E-state index contributed by atoms with van der Waals surface area (Å²) in [4.78, 5) is 31.5. The minimum absolute atomic E-state index is 0.143. The van der Waals surface area contributed by atoms with E-state index in [0.29, 0.717) is 28.7 Å². The van der Waals surface area contributed by atoms with Crippen LogP contribution in [-0.2, 0) is 13.5 Å². The van der Waals surface area contributed by atoms with Crippen LogP contribution < -0.4 is 5.73 Å². The first-order valence-electron chi connectivity index (χ1n) is 9.63. The number of fused-ring (bicyclic) bond motifs is 1. The number of nitroso groups, excluding NO2 is 1. The van der Waals surface area contributed by atoms with Crippen LogP contribution in [0.15, 0.2) is 45.5 Å². The van der Waals surface area contributed by atoms with Crippen LogP contribution in [0.2, 0.25) is 5.02 Å². The van der Waals surface area contributed by atoms with E-state index in [4.69, 9.17) is 22.3 Å². The summed E-state index contributed by atoms with van der Waals surface area (Å²) >= 11 is 6.01. The number of aliphatic imine (C=N–C) groups is 2. The minimum Gasteiger partial charge on any atom is -0.390 e. The molecule has 0 saturated heterocycles. The Balaban J connectivity index is 1.73. The van der Waals surface area contributed by atoms with E-state index in [1.54, 1.807) is 24.6 Å². The molecule has 10 nitrogen and oxygen atoms in total. The largest absolute Gasteiger partial charge is 0.390 e. The Morgan fingerprint density at radius 3 is 2.59 bits per heavy atom. The van der Waals surface area contributed by atoms with Crippen molar-refractivity contribution < 1.29 is 4.79 Å². The SMILES string of the molecule is Cc1nn(C(=CC2=Nc3c(c(-c4ccc(Cl)cc4)nn3C)C2)N=CN)c(C)c1C(=O)N=O. The number of amides is 1. The zero-order valence-electron chi connectivity index (χ0n) is 17.6. The first-order valence-corrected chi connectivity index (χ1v) is 10.0. The van der Waals surface area contributed by atoms with Gasteiger partial charge in [0.25, 0.3) is 0 Å². The van der Waals surface area contributed by atoms with Gasteiger partial charge in [-0.1, -0.05) is 23.7 Å². The molecule has 2 aromatic heterocycles. The summed E-state index contributed by atoms with van der Waals surface area (Å²) < 4.78 is 3.17. The summed E-state index contributed by atoms with van der Waals surface area (Å²) in [5.74, 6) is 0.212. The average molecular weight is 451 g/mol. The molecule has 0 fully saturated rings. The molecule has 1 amide bonds. The van der Waals surface area contributed by atoms with Crippen molar-refractivity contribution in [1.82, 2.24) is 19.6 Å². The Morgan fingerprint density at radius 2 is 1.94 bits per heavy atom. The summed E-state index contributed by atoms with van der Waals surface area (Å²) in [5, 5.41) is 12.1. The van der Waals surface area contributed by atoms with Crippen LogP contribution in [0.4, 0.5) is 5.82 Å². The van der Waals surface area contributed by atoms with Crippen LogP contribution >= 0.6 is 11.6 Å². The second-order valence-corrected chi connectivity index (χ2v) is 7.63. The van der Waals surface area contributed by atoms with Gasteiger partial charge in [-0.3, -0.25) is 9.48 Å². The number of aryl methyl sites for hydroxylation is 2. The van der Waals surface area contributed by atoms with Crippen molar-refractivity contribution in [1.29, 1.82) is 0 Å². The molecule has 0 unspecified atom stereocenters. The fraction of sp³-hybridized carbons (Fsp3) is 0.190. The van der Waals surface area contributed by atoms with Crippen molar-refractivity contribution in [3.8, 4) is 11.3 Å². The molecule has 0 bridgehead atoms. The van der Waals surface area contributed by atoms with Crippen molar-refractivity contribution in [2.45, 2.75) is 20.3 Å². The zero-order valence-corrected chi connectivity index (χ0v) is 18.3. The first kappa shape index (κ1) is 21.3. The molecule has 2 N–H and O–H groups in total. The van der Waals surface area contributed by atoms with Gasteiger partial charge in [-0.2, -0.15) is 10.2 Å². The van der Waals surface area contributed by atoms with Gasteiger partial charge >= 0.3 is 5.91 Å². The molecule has 4 rings (SSSR count). The topological polar surface area (TPSA) is 133 Å². The quantitative estimate of drug-likeness (QED) is 0.360. The molecule has 0 atom stereocenters. The van der Waals surface area contributed by atoms with E-state index in [9.17, 15) is 9.70 Å². The second kappa shape index (κ2) is 8.31. The summed E-state index contributed by atoms with van der Waals surface area (Å²) in [5.41, 5.74) is 9.96. The number of allylic oxidation sites excluding steroid dienone is 1. The molecule has 0 saturated carbocycles. The van der Waals surface area contributed by atoms with Crippen LogP contribution in [0.25, 0.3) is 17.1 Å². The third-order valence-electron chi connectivity index (χ3n) is 5.14. The van der Waals surface area contributed by atoms with Crippen LogP contribution in [0, 0.1) is 18.8 Å². The molecule has 3 aromatic rings. The highest BCUT2D eigenvalue weighted by Gasteiger charge is 2.25. The number of nitrogens with zero attached hydrogens (tertiary/aromatic N) is 7. The number of nitrogens with two attached hydrogens (primary N) is 1. The maximum Gasteiger partial charge on any atom is 0.320 e. The first-order chi connectivity index (χ1) is 15.3. The number of hydrogen-bond acceptors (Lipinski definition) is 6. The highest BCUT2D eigenvalue weighted by molar-refractivity contribution is 6.30. The number of rotatable bonds is 5. The maximum absolute atomic E-state index is 11.9. The number of hydrogen-bond donors (Lipinski definition) is 1. The van der Waals surface area contributed by atoms with E-state index in [0.717, 1.165) is 34.7 Å². The van der Waals surface area contributed by atoms with Crippen LogP contribution in [0.3, 0.4) is 0 Å². The van der Waals surface area contributed by atoms with Crippen LogP contribution in [0.5, 0.6) is 0 Å². The number of carbonyl (C=O) groups is 1. The summed E-state index contributed by atoms with van der Waals surface area (Å²) in [6, 6.07) is 7.47. The number of benzene rings is 1. The number of halogens is 1. The Bertz CT molecular complexity index is 1330. The van der Waals surface area contributed by atoms with Crippen molar-refractivity contribution in [3.63, 3.8) is 0 Å². The van der Waals surface area contributed by atoms with Crippen molar-refractivity contribution in [3.05, 3.63) is 62.8 Å². The van der Waals surface area contributed by atoms with E-state index in [-0.39, 0.29) is 5.56 Å². The third-order valence-corrected chi connectivity index (χ3v) is 5.40. The standard InChI is InChI=1S/C21H19ClN8O2/c1-11-18(21(31)28-32)12(2)30(26-11)17(24-10-23)9-15-8-16-19(27-29(3)20(16)25-15)13-4-6-14(22)7-5-13/h4-7,9-10H,8H2,1-3H3,(H2,23,24). The molecule has 0 spiro atoms. The Morgan fingerprint density at radius 1 is 1.22 bits per heavy atom. The highest BCUT2D eigenvalue weighted by atomic mass is 35.5. The van der Waals surface area contributed by atoms with Crippen molar-refractivity contribution in [2.75, 3.05) is 0 Å². The highest BCUT2D eigenvalue weighted by Crippen LogP contribution is 2.36. The molecule has 0 aliphatic carbocycles. The van der Waals surface area contributed by atoms with Gasteiger partial charge in [0, 0.05) is 40.9 Å². The lowest BCUT2D eigenvalue weighted by molar-refractivity contribution is 0.0999. The zero-order chi connectivity index (χ0) is 23.0. The minimum atomic E-state index is -0.883. The number of carbonyl (C=O) groups excluding carboxylic acids is 1. The molecule has 1 aromatic carbocycles. The lowest BCUT2D eigenvalue weighted by Gasteiger charge is -2.05. The third kappa shape index (κ3) is 3.65. The molecule has 1 aliphatic rings. The molecule has 162 valence electrons. The van der Waals surface area contributed by atoms with Gasteiger partial charge in [-0.25, -0.2) is 14.7 Å². The van der Waals surface area contributed by atoms with Gasteiger partial charge in [0.2, 0.25) is 0 Å². The summed E-state index contributed by atoms with van der Waals surface area (Å²) in [6.45, 7) is 3.28. The Hall–Kier alpha value is -3.92. The number of aromatic nitrogens is 4.